The van der Waals surface area contributed by atoms with Crippen molar-refractivity contribution < 1.29 is 17.6 Å². The van der Waals surface area contributed by atoms with Gasteiger partial charge in [-0.05, 0) is 38.3 Å². The Bertz CT molecular complexity index is 640. The molecule has 122 valence electrons. The van der Waals surface area contributed by atoms with Crippen LogP contribution in [-0.2, 0) is 14.8 Å². The lowest BCUT2D eigenvalue weighted by Gasteiger charge is -2.29. The second-order valence-corrected chi connectivity index (χ2v) is 7.34. The van der Waals surface area contributed by atoms with Gasteiger partial charge in [-0.1, -0.05) is 17.7 Å². The minimum atomic E-state index is -4.21. The lowest BCUT2D eigenvalue weighted by molar-refractivity contribution is -0.133. The number of carbonyl (C=O) groups is 1. The average molecular weight is 349 g/mol. The van der Waals surface area contributed by atoms with Crippen molar-refractivity contribution in [2.75, 3.05) is 13.1 Å². The first-order chi connectivity index (χ1) is 10.3. The standard InChI is InChI=1S/C14H18ClFN2O3S/c1-10(14(19)18-8-3-2-4-9-18)17-22(20,21)13-11(15)6-5-7-12(13)16/h5-7,10,17H,2-4,8-9H2,1H3/t10-/m0/s1. The molecule has 1 aliphatic rings. The highest BCUT2D eigenvalue weighted by Gasteiger charge is 2.29. The summed E-state index contributed by atoms with van der Waals surface area (Å²) in [5.41, 5.74) is 0. The Hall–Kier alpha value is -1.18. The Kier molecular flexibility index (Phi) is 5.41. The van der Waals surface area contributed by atoms with Gasteiger partial charge in [0.25, 0.3) is 0 Å². The van der Waals surface area contributed by atoms with Crippen molar-refractivity contribution >= 4 is 27.5 Å². The van der Waals surface area contributed by atoms with Crippen LogP contribution in [-0.4, -0.2) is 38.4 Å². The highest BCUT2D eigenvalue weighted by atomic mass is 35.5. The van der Waals surface area contributed by atoms with Gasteiger partial charge < -0.3 is 4.90 Å². The number of halogens is 2. The van der Waals surface area contributed by atoms with Gasteiger partial charge in [-0.3, -0.25) is 4.79 Å². The quantitative estimate of drug-likeness (QED) is 0.906. The van der Waals surface area contributed by atoms with E-state index in [9.17, 15) is 17.6 Å². The first-order valence-electron chi connectivity index (χ1n) is 7.08. The molecule has 0 spiro atoms. The van der Waals surface area contributed by atoms with Crippen LogP contribution in [0.5, 0.6) is 0 Å². The van der Waals surface area contributed by atoms with Gasteiger partial charge in [0.05, 0.1) is 11.1 Å². The summed E-state index contributed by atoms with van der Waals surface area (Å²) in [4.78, 5) is 13.2. The van der Waals surface area contributed by atoms with Crippen molar-refractivity contribution in [3.05, 3.63) is 29.0 Å². The molecule has 2 rings (SSSR count). The number of hydrogen-bond donors (Lipinski definition) is 1. The predicted molar refractivity (Wildman–Crippen MR) is 81.6 cm³/mol. The number of carbonyl (C=O) groups excluding carboxylic acids is 1. The molecule has 0 bridgehead atoms. The van der Waals surface area contributed by atoms with Gasteiger partial charge in [0.2, 0.25) is 15.9 Å². The number of rotatable bonds is 4. The van der Waals surface area contributed by atoms with E-state index in [1.165, 1.54) is 19.1 Å². The number of likely N-dealkylation sites (tertiary alicyclic amines) is 1. The summed E-state index contributed by atoms with van der Waals surface area (Å²) in [5, 5.41) is -0.217. The molecule has 0 radical (unpaired) electrons. The summed E-state index contributed by atoms with van der Waals surface area (Å²) in [6.07, 6.45) is 2.88. The molecule has 0 aliphatic carbocycles. The van der Waals surface area contributed by atoms with E-state index in [0.29, 0.717) is 13.1 Å². The third kappa shape index (κ3) is 3.77. The Morgan fingerprint density at radius 3 is 2.55 bits per heavy atom. The maximum Gasteiger partial charge on any atom is 0.245 e. The summed E-state index contributed by atoms with van der Waals surface area (Å²) < 4.78 is 40.5. The second kappa shape index (κ2) is 6.93. The molecule has 1 aliphatic heterocycles. The van der Waals surface area contributed by atoms with Gasteiger partial charge in [0, 0.05) is 13.1 Å². The van der Waals surface area contributed by atoms with Gasteiger partial charge in [0.1, 0.15) is 10.7 Å². The SMILES string of the molecule is C[C@H](NS(=O)(=O)c1c(F)cccc1Cl)C(=O)N1CCCCC1. The first-order valence-corrected chi connectivity index (χ1v) is 8.94. The van der Waals surface area contributed by atoms with Crippen LogP contribution in [0.15, 0.2) is 23.1 Å². The molecule has 1 aromatic carbocycles. The second-order valence-electron chi connectivity index (χ2n) is 5.28. The van der Waals surface area contributed by atoms with Crippen molar-refractivity contribution in [1.29, 1.82) is 0 Å². The van der Waals surface area contributed by atoms with Crippen LogP contribution < -0.4 is 4.72 Å². The number of sulfonamides is 1. The molecule has 8 heteroatoms. The molecule has 1 amide bonds. The lowest BCUT2D eigenvalue weighted by Crippen LogP contribution is -2.48. The molecule has 0 saturated carbocycles. The fraction of sp³-hybridized carbons (Fsp3) is 0.500. The Morgan fingerprint density at radius 2 is 1.95 bits per heavy atom. The van der Waals surface area contributed by atoms with Gasteiger partial charge in [-0.15, -0.1) is 0 Å². The normalized spacial score (nSPS) is 17.3. The van der Waals surface area contributed by atoms with E-state index in [1.807, 2.05) is 0 Å². The van der Waals surface area contributed by atoms with Crippen LogP contribution >= 0.6 is 11.6 Å². The highest BCUT2D eigenvalue weighted by Crippen LogP contribution is 2.24. The zero-order valence-electron chi connectivity index (χ0n) is 12.2. The van der Waals surface area contributed by atoms with E-state index in [1.54, 1.807) is 4.90 Å². The van der Waals surface area contributed by atoms with E-state index in [4.69, 9.17) is 11.6 Å². The molecule has 5 nitrogen and oxygen atoms in total. The minimum Gasteiger partial charge on any atom is -0.341 e. The molecule has 22 heavy (non-hydrogen) atoms. The van der Waals surface area contributed by atoms with E-state index in [-0.39, 0.29) is 10.9 Å². The fourth-order valence-electron chi connectivity index (χ4n) is 2.47. The molecule has 1 atom stereocenters. The largest absolute Gasteiger partial charge is 0.341 e. The van der Waals surface area contributed by atoms with Gasteiger partial charge >= 0.3 is 0 Å². The van der Waals surface area contributed by atoms with Gasteiger partial charge in [0.15, 0.2) is 0 Å². The van der Waals surface area contributed by atoms with Crippen LogP contribution in [0.2, 0.25) is 5.02 Å². The van der Waals surface area contributed by atoms with Crippen molar-refractivity contribution in [2.24, 2.45) is 0 Å². The van der Waals surface area contributed by atoms with Crippen LogP contribution in [0.3, 0.4) is 0 Å². The topological polar surface area (TPSA) is 66.5 Å². The summed E-state index contributed by atoms with van der Waals surface area (Å²) in [6.45, 7) is 2.68. The molecule has 0 unspecified atom stereocenters. The van der Waals surface area contributed by atoms with E-state index < -0.39 is 26.8 Å². The van der Waals surface area contributed by atoms with E-state index in [0.717, 1.165) is 25.3 Å². The number of amides is 1. The molecule has 1 fully saturated rings. The number of nitrogens with zero attached hydrogens (tertiary/aromatic N) is 1. The van der Waals surface area contributed by atoms with Crippen molar-refractivity contribution in [2.45, 2.75) is 37.1 Å². The molecule has 1 N–H and O–H groups in total. The van der Waals surface area contributed by atoms with Crippen molar-refractivity contribution in [3.8, 4) is 0 Å². The van der Waals surface area contributed by atoms with Crippen LogP contribution in [0.25, 0.3) is 0 Å². The summed E-state index contributed by atoms with van der Waals surface area (Å²) in [6, 6.07) is 2.64. The Labute approximate surface area is 134 Å². The molecule has 1 heterocycles. The van der Waals surface area contributed by atoms with Crippen molar-refractivity contribution in [1.82, 2.24) is 9.62 Å². The van der Waals surface area contributed by atoms with Gasteiger partial charge in [-0.25, -0.2) is 12.8 Å². The summed E-state index contributed by atoms with van der Waals surface area (Å²) >= 11 is 5.77. The zero-order chi connectivity index (χ0) is 16.3. The monoisotopic (exact) mass is 348 g/mol. The summed E-state index contributed by atoms with van der Waals surface area (Å²) in [5.74, 6) is -1.26. The number of piperidine rings is 1. The predicted octanol–water partition coefficient (Wildman–Crippen LogP) is 2.16. The van der Waals surface area contributed by atoms with E-state index >= 15 is 0 Å². The van der Waals surface area contributed by atoms with Gasteiger partial charge in [-0.2, -0.15) is 4.72 Å². The minimum absolute atomic E-state index is 0.217. The molecular weight excluding hydrogens is 331 g/mol. The average Bonchev–Trinajstić information content (AvgIpc) is 2.46. The Morgan fingerprint density at radius 1 is 1.32 bits per heavy atom. The molecule has 1 aromatic rings. The van der Waals surface area contributed by atoms with Crippen LogP contribution in [0.1, 0.15) is 26.2 Å². The van der Waals surface area contributed by atoms with Crippen LogP contribution in [0.4, 0.5) is 4.39 Å². The number of benzene rings is 1. The highest BCUT2D eigenvalue weighted by molar-refractivity contribution is 7.89. The third-order valence-electron chi connectivity index (χ3n) is 3.56. The maximum absolute atomic E-state index is 13.8. The number of nitrogens with one attached hydrogen (secondary N) is 1. The van der Waals surface area contributed by atoms with E-state index in [2.05, 4.69) is 4.72 Å². The first kappa shape index (κ1) is 17.2. The smallest absolute Gasteiger partial charge is 0.245 e. The number of hydrogen-bond acceptors (Lipinski definition) is 3. The van der Waals surface area contributed by atoms with Crippen molar-refractivity contribution in [3.63, 3.8) is 0 Å². The zero-order valence-corrected chi connectivity index (χ0v) is 13.8. The Balaban J connectivity index is 2.16. The molecular formula is C14H18ClFN2O3S. The molecule has 0 aromatic heterocycles. The maximum atomic E-state index is 13.8. The third-order valence-corrected chi connectivity index (χ3v) is 5.60. The molecule has 1 saturated heterocycles. The fourth-order valence-corrected chi connectivity index (χ4v) is 4.27. The lowest BCUT2D eigenvalue weighted by atomic mass is 10.1. The van der Waals surface area contributed by atoms with Crippen LogP contribution in [0, 0.1) is 5.82 Å². The summed E-state index contributed by atoms with van der Waals surface area (Å²) in [7, 11) is -4.21.